The van der Waals surface area contributed by atoms with E-state index < -0.39 is 0 Å². The molecule has 4 rings (SSSR count). The summed E-state index contributed by atoms with van der Waals surface area (Å²) in [5, 5.41) is 7.92. The largest absolute Gasteiger partial charge is 0.331 e. The maximum atomic E-state index is 13.3. The Hall–Kier alpha value is -2.28. The number of carbonyl (C=O) groups is 1. The third kappa shape index (κ3) is 2.69. The first-order valence-electron chi connectivity index (χ1n) is 8.33. The number of halogens is 1. The highest BCUT2D eigenvalue weighted by Gasteiger charge is 2.45. The van der Waals surface area contributed by atoms with Crippen molar-refractivity contribution in [1.29, 1.82) is 0 Å². The van der Waals surface area contributed by atoms with Crippen LogP contribution in [0.15, 0.2) is 30.5 Å². The zero-order chi connectivity index (χ0) is 16.7. The molecule has 2 atom stereocenters. The molecule has 0 aliphatic carbocycles. The molecule has 0 saturated carbocycles. The van der Waals surface area contributed by atoms with Crippen LogP contribution in [0, 0.1) is 5.82 Å². The van der Waals surface area contributed by atoms with Crippen LogP contribution in [0.4, 0.5) is 4.39 Å². The second-order valence-corrected chi connectivity index (χ2v) is 6.52. The van der Waals surface area contributed by atoms with Gasteiger partial charge in [-0.3, -0.25) is 14.4 Å². The van der Waals surface area contributed by atoms with Crippen molar-refractivity contribution in [3.8, 4) is 0 Å². The maximum Gasteiger partial charge on any atom is 0.276 e. The lowest BCUT2D eigenvalue weighted by Crippen LogP contribution is -2.48. The number of aromatic nitrogens is 3. The molecule has 1 aromatic heterocycles. The van der Waals surface area contributed by atoms with Crippen molar-refractivity contribution >= 4 is 5.91 Å². The summed E-state index contributed by atoms with van der Waals surface area (Å²) in [6, 6.07) is 7.28. The van der Waals surface area contributed by atoms with Crippen LogP contribution >= 0.6 is 0 Å². The van der Waals surface area contributed by atoms with Crippen LogP contribution in [-0.4, -0.2) is 55.9 Å². The van der Waals surface area contributed by atoms with Gasteiger partial charge in [-0.2, -0.15) is 0 Å². The summed E-state index contributed by atoms with van der Waals surface area (Å²) in [5.74, 6) is -0.236. The zero-order valence-corrected chi connectivity index (χ0v) is 13.6. The fourth-order valence-electron chi connectivity index (χ4n) is 3.76. The van der Waals surface area contributed by atoms with E-state index in [4.69, 9.17) is 0 Å². The molecule has 2 saturated heterocycles. The zero-order valence-electron chi connectivity index (χ0n) is 13.6. The third-order valence-electron chi connectivity index (χ3n) is 4.97. The summed E-state index contributed by atoms with van der Waals surface area (Å²) < 4.78 is 15.0. The van der Waals surface area contributed by atoms with Crippen molar-refractivity contribution in [2.75, 3.05) is 13.1 Å². The van der Waals surface area contributed by atoms with Crippen LogP contribution in [0.1, 0.15) is 29.4 Å². The molecule has 0 N–H and O–H groups in total. The summed E-state index contributed by atoms with van der Waals surface area (Å²) in [7, 11) is 0. The van der Waals surface area contributed by atoms with Crippen molar-refractivity contribution in [3.05, 3.63) is 47.5 Å². The van der Waals surface area contributed by atoms with E-state index in [1.165, 1.54) is 6.07 Å². The molecule has 1 aromatic carbocycles. The number of benzene rings is 1. The predicted molar refractivity (Wildman–Crippen MR) is 85.7 cm³/mol. The minimum absolute atomic E-state index is 0.0346. The minimum atomic E-state index is -0.201. The summed E-state index contributed by atoms with van der Waals surface area (Å²) in [6.07, 6.45) is 2.68. The Morgan fingerprint density at radius 3 is 2.88 bits per heavy atom. The molecule has 126 valence electrons. The maximum absolute atomic E-state index is 13.3. The van der Waals surface area contributed by atoms with Gasteiger partial charge in [0, 0.05) is 38.3 Å². The molecule has 0 radical (unpaired) electrons. The fraction of sp³-hybridized carbons (Fsp3) is 0.471. The molecular formula is C17H20FN5O. The Bertz CT molecular complexity index is 761. The van der Waals surface area contributed by atoms with E-state index in [2.05, 4.69) is 15.2 Å². The summed E-state index contributed by atoms with van der Waals surface area (Å²) in [6.45, 7) is 4.93. The number of nitrogens with zero attached hydrogens (tertiary/aromatic N) is 5. The summed E-state index contributed by atoms with van der Waals surface area (Å²) in [5.41, 5.74) is 1.40. The number of hydrogen-bond acceptors (Lipinski definition) is 4. The standard InChI is InChI=1S/C17H20FN5O/c1-2-22-11-16(19-20-22)17(24)23-10-14-7-15(23)9-21(14)8-12-4-3-5-13(18)6-12/h3-6,11,14-15H,2,7-10H2,1H3/t14-,15-/m0/s1. The van der Waals surface area contributed by atoms with Crippen molar-refractivity contribution in [2.24, 2.45) is 0 Å². The lowest BCUT2D eigenvalue weighted by atomic mass is 10.2. The van der Waals surface area contributed by atoms with Crippen LogP contribution in [-0.2, 0) is 13.1 Å². The second kappa shape index (κ2) is 5.98. The first-order valence-corrected chi connectivity index (χ1v) is 8.33. The van der Waals surface area contributed by atoms with Gasteiger partial charge in [0.2, 0.25) is 0 Å². The van der Waals surface area contributed by atoms with Crippen LogP contribution < -0.4 is 0 Å². The number of rotatable bonds is 4. The van der Waals surface area contributed by atoms with Crippen LogP contribution in [0.2, 0.25) is 0 Å². The molecule has 1 amide bonds. The average molecular weight is 329 g/mol. The highest BCUT2D eigenvalue weighted by Crippen LogP contribution is 2.32. The van der Waals surface area contributed by atoms with E-state index in [0.29, 0.717) is 24.8 Å². The van der Waals surface area contributed by atoms with Crippen molar-refractivity contribution < 1.29 is 9.18 Å². The van der Waals surface area contributed by atoms with Gasteiger partial charge in [0.1, 0.15) is 5.82 Å². The van der Waals surface area contributed by atoms with E-state index >= 15 is 0 Å². The monoisotopic (exact) mass is 329 g/mol. The normalized spacial score (nSPS) is 23.2. The predicted octanol–water partition coefficient (Wildman–Crippen LogP) is 1.54. The first-order chi connectivity index (χ1) is 11.6. The summed E-state index contributed by atoms with van der Waals surface area (Å²) >= 11 is 0. The van der Waals surface area contributed by atoms with Gasteiger partial charge < -0.3 is 4.90 Å². The average Bonchev–Trinajstić information content (AvgIpc) is 3.29. The molecule has 0 spiro atoms. The highest BCUT2D eigenvalue weighted by atomic mass is 19.1. The van der Waals surface area contributed by atoms with E-state index in [0.717, 1.165) is 25.1 Å². The Balaban J connectivity index is 1.41. The van der Waals surface area contributed by atoms with Crippen molar-refractivity contribution in [3.63, 3.8) is 0 Å². The van der Waals surface area contributed by atoms with Gasteiger partial charge in [0.25, 0.3) is 5.91 Å². The molecular weight excluding hydrogens is 309 g/mol. The van der Waals surface area contributed by atoms with Gasteiger partial charge in [0.05, 0.1) is 6.20 Å². The quantitative estimate of drug-likeness (QED) is 0.854. The number of hydrogen-bond donors (Lipinski definition) is 0. The Kier molecular flexibility index (Phi) is 3.80. The Morgan fingerprint density at radius 1 is 1.33 bits per heavy atom. The number of piperazine rings is 1. The SMILES string of the molecule is CCn1cc(C(=O)N2C[C@@H]3C[C@H]2CN3Cc2cccc(F)c2)nn1. The molecule has 0 unspecified atom stereocenters. The number of fused-ring (bicyclic) bond motifs is 2. The van der Waals surface area contributed by atoms with Gasteiger partial charge in [0.15, 0.2) is 5.69 Å². The van der Waals surface area contributed by atoms with Crippen LogP contribution in [0.5, 0.6) is 0 Å². The third-order valence-corrected chi connectivity index (χ3v) is 4.97. The van der Waals surface area contributed by atoms with Crippen LogP contribution in [0.25, 0.3) is 0 Å². The van der Waals surface area contributed by atoms with E-state index in [1.807, 2.05) is 17.9 Å². The molecule has 24 heavy (non-hydrogen) atoms. The molecule has 7 heteroatoms. The van der Waals surface area contributed by atoms with Gasteiger partial charge in [-0.15, -0.1) is 5.10 Å². The van der Waals surface area contributed by atoms with Crippen molar-refractivity contribution in [2.45, 2.75) is 38.5 Å². The number of aryl methyl sites for hydroxylation is 1. The van der Waals surface area contributed by atoms with Gasteiger partial charge in [-0.1, -0.05) is 17.3 Å². The molecule has 2 aliphatic rings. The lowest BCUT2D eigenvalue weighted by molar-refractivity contribution is 0.0610. The topological polar surface area (TPSA) is 54.3 Å². The van der Waals surface area contributed by atoms with Gasteiger partial charge in [-0.05, 0) is 31.0 Å². The molecule has 3 heterocycles. The molecule has 2 aliphatic heterocycles. The van der Waals surface area contributed by atoms with E-state index in [9.17, 15) is 9.18 Å². The lowest BCUT2D eigenvalue weighted by Gasteiger charge is -2.33. The fourth-order valence-corrected chi connectivity index (χ4v) is 3.76. The number of amides is 1. The molecule has 2 aromatic rings. The van der Waals surface area contributed by atoms with E-state index in [-0.39, 0.29) is 17.8 Å². The van der Waals surface area contributed by atoms with E-state index in [1.54, 1.807) is 23.0 Å². The summed E-state index contributed by atoms with van der Waals surface area (Å²) in [4.78, 5) is 16.9. The van der Waals surface area contributed by atoms with Crippen molar-refractivity contribution in [1.82, 2.24) is 24.8 Å². The Morgan fingerprint density at radius 2 is 2.21 bits per heavy atom. The number of carbonyl (C=O) groups excluding carboxylic acids is 1. The smallest absolute Gasteiger partial charge is 0.276 e. The van der Waals surface area contributed by atoms with Gasteiger partial charge in [-0.25, -0.2) is 4.39 Å². The van der Waals surface area contributed by atoms with Crippen LogP contribution in [0.3, 0.4) is 0 Å². The Labute approximate surface area is 139 Å². The minimum Gasteiger partial charge on any atom is -0.331 e. The first kappa shape index (κ1) is 15.3. The number of likely N-dealkylation sites (tertiary alicyclic amines) is 2. The molecule has 6 nitrogen and oxygen atoms in total. The second-order valence-electron chi connectivity index (χ2n) is 6.52. The molecule has 2 bridgehead atoms. The molecule has 2 fully saturated rings. The van der Waals surface area contributed by atoms with Gasteiger partial charge >= 0.3 is 0 Å². The highest BCUT2D eigenvalue weighted by molar-refractivity contribution is 5.92.